The van der Waals surface area contributed by atoms with Crippen molar-refractivity contribution in [1.82, 2.24) is 4.98 Å². The summed E-state index contributed by atoms with van der Waals surface area (Å²) < 4.78 is 13.8. The zero-order chi connectivity index (χ0) is 14.5. The second kappa shape index (κ2) is 4.54. The molecule has 0 aromatic carbocycles. The summed E-state index contributed by atoms with van der Waals surface area (Å²) in [6.07, 6.45) is 3.66. The lowest BCUT2D eigenvalue weighted by Gasteiger charge is -2.31. The third-order valence-electron chi connectivity index (χ3n) is 3.62. The number of pyridine rings is 1. The molecule has 1 aromatic rings. The Balaban J connectivity index is 2.11. The first-order valence-corrected chi connectivity index (χ1v) is 7.07. The molecule has 3 rings (SSSR count). The molecule has 6 heteroatoms. The lowest BCUT2D eigenvalue weighted by molar-refractivity contribution is -0.137. The number of amides is 1. The Hall–Kier alpha value is -0.980. The highest BCUT2D eigenvalue weighted by Crippen LogP contribution is 2.44. The zero-order valence-electron chi connectivity index (χ0n) is 11.5. The number of carbonyl (C=O) groups excluding carboxylic acids is 1. The van der Waals surface area contributed by atoms with Gasteiger partial charge in [0.15, 0.2) is 5.60 Å². The Kier molecular flexibility index (Phi) is 2.82. The second-order valence-electron chi connectivity index (χ2n) is 4.98. The van der Waals surface area contributed by atoms with Crippen molar-refractivity contribution in [3.8, 4) is 0 Å². The van der Waals surface area contributed by atoms with Crippen LogP contribution in [0.15, 0.2) is 16.7 Å². The van der Waals surface area contributed by atoms with Gasteiger partial charge in [0.2, 0.25) is 0 Å². The summed E-state index contributed by atoms with van der Waals surface area (Å²) in [7, 11) is 0. The van der Waals surface area contributed by atoms with Crippen LogP contribution >= 0.6 is 15.9 Å². The van der Waals surface area contributed by atoms with Gasteiger partial charge in [-0.15, -0.1) is 0 Å². The quantitative estimate of drug-likeness (QED) is 0.856. The van der Waals surface area contributed by atoms with Gasteiger partial charge in [0, 0.05) is 17.3 Å². The molecule has 1 saturated heterocycles. The predicted molar refractivity (Wildman–Crippen MR) is 72.6 cm³/mol. The van der Waals surface area contributed by atoms with Gasteiger partial charge < -0.3 is 9.84 Å². The molecular weight excluding hydrogens is 312 g/mol. The summed E-state index contributed by atoms with van der Waals surface area (Å²) in [5, 5.41) is 10.5. The van der Waals surface area contributed by atoms with E-state index in [-0.39, 0.29) is 12.3 Å². The van der Waals surface area contributed by atoms with Crippen molar-refractivity contribution in [1.29, 1.82) is 0 Å². The molecule has 1 amide bonds. The largest absolute Gasteiger partial charge is 0.375 e. The maximum absolute atomic E-state index is 12.5. The molecule has 2 aliphatic rings. The van der Waals surface area contributed by atoms with Gasteiger partial charge in [0.25, 0.3) is 5.91 Å². The highest BCUT2D eigenvalue weighted by atomic mass is 79.9. The monoisotopic (exact) mass is 327 g/mol. The van der Waals surface area contributed by atoms with Crippen LogP contribution in [0, 0.1) is 0 Å². The molecule has 3 heterocycles. The number of fused-ring (bicyclic) bond motifs is 1. The van der Waals surface area contributed by atoms with E-state index in [0.717, 1.165) is 19.3 Å². The van der Waals surface area contributed by atoms with Crippen LogP contribution in [-0.2, 0) is 15.1 Å². The number of carbonyl (C=O) groups is 1. The molecule has 0 spiro atoms. The third kappa shape index (κ3) is 1.89. The van der Waals surface area contributed by atoms with E-state index in [9.17, 15) is 9.90 Å². The Morgan fingerprint density at radius 1 is 1.68 bits per heavy atom. The number of anilines is 1. The fourth-order valence-electron chi connectivity index (χ4n) is 2.63. The summed E-state index contributed by atoms with van der Waals surface area (Å²) in [4.78, 5) is 18.1. The van der Waals surface area contributed by atoms with Crippen LogP contribution in [0.4, 0.5) is 5.82 Å². The molecular formula is C13H15BrN2O3. The smallest absolute Gasteiger partial charge is 0.266 e. The molecule has 1 aromatic heterocycles. The Morgan fingerprint density at radius 2 is 2.47 bits per heavy atom. The second-order valence-corrected chi connectivity index (χ2v) is 5.78. The lowest BCUT2D eigenvalue weighted by atomic mass is 10.00. The number of hydrogen-bond donors (Lipinski definition) is 1. The van der Waals surface area contributed by atoms with Gasteiger partial charge in [-0.05, 0) is 32.2 Å². The Labute approximate surface area is 121 Å². The molecule has 19 heavy (non-hydrogen) atoms. The van der Waals surface area contributed by atoms with Crippen LogP contribution in [0.25, 0.3) is 0 Å². The maximum Gasteiger partial charge on any atom is 0.266 e. The first-order chi connectivity index (χ1) is 9.44. The molecule has 1 N–H and O–H groups in total. The van der Waals surface area contributed by atoms with Crippen LogP contribution in [0.3, 0.4) is 0 Å². The zero-order valence-corrected chi connectivity index (χ0v) is 12.1. The molecule has 0 radical (unpaired) electrons. The van der Waals surface area contributed by atoms with Gasteiger partial charge in [-0.3, -0.25) is 9.69 Å². The molecule has 102 valence electrons. The van der Waals surface area contributed by atoms with Crippen molar-refractivity contribution in [3.63, 3.8) is 0 Å². The van der Waals surface area contributed by atoms with E-state index >= 15 is 0 Å². The molecule has 2 aliphatic heterocycles. The van der Waals surface area contributed by atoms with Gasteiger partial charge in [0.1, 0.15) is 12.0 Å². The molecule has 1 unspecified atom stereocenters. The normalized spacial score (nSPS) is 31.3. The SMILES string of the molecule is [2H]c1cnc2c(c1Br)[C@@](C)(O)C(=O)N2C1CCCCO1. The van der Waals surface area contributed by atoms with Gasteiger partial charge in [-0.2, -0.15) is 0 Å². The van der Waals surface area contributed by atoms with Crippen molar-refractivity contribution in [2.45, 2.75) is 38.0 Å². The summed E-state index contributed by atoms with van der Waals surface area (Å²) in [6, 6.07) is 0.142. The van der Waals surface area contributed by atoms with Gasteiger partial charge >= 0.3 is 0 Å². The average Bonchev–Trinajstić information content (AvgIpc) is 2.63. The van der Waals surface area contributed by atoms with Crippen molar-refractivity contribution < 1.29 is 16.0 Å². The minimum absolute atomic E-state index is 0.142. The topological polar surface area (TPSA) is 62.7 Å². The average molecular weight is 328 g/mol. The number of hydrogen-bond acceptors (Lipinski definition) is 4. The first-order valence-electron chi connectivity index (χ1n) is 6.78. The highest BCUT2D eigenvalue weighted by molar-refractivity contribution is 9.10. The Bertz CT molecular complexity index is 573. The number of halogens is 1. The van der Waals surface area contributed by atoms with Crippen molar-refractivity contribution in [2.24, 2.45) is 0 Å². The van der Waals surface area contributed by atoms with E-state index in [1.165, 1.54) is 18.0 Å². The first kappa shape index (κ1) is 11.8. The van der Waals surface area contributed by atoms with Crippen LogP contribution in [-0.4, -0.2) is 28.8 Å². The summed E-state index contributed by atoms with van der Waals surface area (Å²) in [5.74, 6) is -0.0621. The van der Waals surface area contributed by atoms with E-state index in [0.29, 0.717) is 22.5 Å². The molecule has 5 nitrogen and oxygen atoms in total. The van der Waals surface area contributed by atoms with E-state index < -0.39 is 11.5 Å². The maximum atomic E-state index is 12.5. The fraction of sp³-hybridized carbons (Fsp3) is 0.538. The van der Waals surface area contributed by atoms with E-state index in [1.807, 2.05) is 0 Å². The lowest BCUT2D eigenvalue weighted by Crippen LogP contribution is -2.46. The van der Waals surface area contributed by atoms with Crippen molar-refractivity contribution in [3.05, 3.63) is 22.3 Å². The van der Waals surface area contributed by atoms with Gasteiger partial charge in [-0.25, -0.2) is 4.98 Å². The van der Waals surface area contributed by atoms with Crippen LogP contribution in [0.1, 0.15) is 33.1 Å². The van der Waals surface area contributed by atoms with Crippen molar-refractivity contribution >= 4 is 27.7 Å². The third-order valence-corrected chi connectivity index (χ3v) is 4.24. The molecule has 2 atom stereocenters. The summed E-state index contributed by atoms with van der Waals surface area (Å²) in [5.41, 5.74) is -1.33. The number of ether oxygens (including phenoxy) is 1. The van der Waals surface area contributed by atoms with E-state index in [1.54, 1.807) is 0 Å². The fourth-order valence-corrected chi connectivity index (χ4v) is 3.30. The van der Waals surface area contributed by atoms with Crippen LogP contribution in [0.5, 0.6) is 0 Å². The summed E-state index contributed by atoms with van der Waals surface area (Å²) >= 11 is 3.28. The molecule has 1 fully saturated rings. The molecule has 0 saturated carbocycles. The summed E-state index contributed by atoms with van der Waals surface area (Å²) in [6.45, 7) is 2.03. The van der Waals surface area contributed by atoms with E-state index in [2.05, 4.69) is 20.9 Å². The molecule has 0 aliphatic carbocycles. The minimum atomic E-state index is -1.68. The standard InChI is InChI=1S/C13H15BrN2O3/c1-13(18)10-8(14)5-6-15-11(10)16(12(13)17)9-4-2-3-7-19-9/h5-6,9,18H,2-4,7H2,1H3/t9?,13-/m1/s1/i5D. The Morgan fingerprint density at radius 3 is 3.16 bits per heavy atom. The van der Waals surface area contributed by atoms with Crippen molar-refractivity contribution in [2.75, 3.05) is 11.5 Å². The minimum Gasteiger partial charge on any atom is -0.375 e. The number of aliphatic hydroxyl groups is 1. The molecule has 0 bridgehead atoms. The van der Waals surface area contributed by atoms with E-state index in [4.69, 9.17) is 6.11 Å². The predicted octanol–water partition coefficient (Wildman–Crippen LogP) is 1.92. The van der Waals surface area contributed by atoms with Crippen LogP contribution in [0.2, 0.25) is 0 Å². The van der Waals surface area contributed by atoms with Crippen LogP contribution < -0.4 is 4.90 Å². The number of rotatable bonds is 1. The van der Waals surface area contributed by atoms with Gasteiger partial charge in [0.05, 0.1) is 6.93 Å². The highest BCUT2D eigenvalue weighted by Gasteiger charge is 2.51. The number of nitrogens with zero attached hydrogens (tertiary/aromatic N) is 2. The number of aromatic nitrogens is 1. The van der Waals surface area contributed by atoms with Gasteiger partial charge in [-0.1, -0.05) is 15.9 Å².